The molecule has 1 saturated carbocycles. The van der Waals surface area contributed by atoms with E-state index in [-0.39, 0.29) is 17.5 Å². The Morgan fingerprint density at radius 1 is 1.41 bits per heavy atom. The predicted octanol–water partition coefficient (Wildman–Crippen LogP) is 2.60. The van der Waals surface area contributed by atoms with Gasteiger partial charge in [-0.1, -0.05) is 18.6 Å². The maximum Gasteiger partial charge on any atom is 0.337 e. The van der Waals surface area contributed by atoms with Crippen molar-refractivity contribution >= 4 is 5.97 Å². The zero-order chi connectivity index (χ0) is 15.6. The van der Waals surface area contributed by atoms with Gasteiger partial charge >= 0.3 is 5.97 Å². The Kier molecular flexibility index (Phi) is 4.50. The second-order valence-electron chi connectivity index (χ2n) is 6.78. The van der Waals surface area contributed by atoms with E-state index < -0.39 is 0 Å². The summed E-state index contributed by atoms with van der Waals surface area (Å²) >= 11 is 0. The first-order valence-corrected chi connectivity index (χ1v) is 8.21. The van der Waals surface area contributed by atoms with Crippen molar-refractivity contribution < 1.29 is 14.6 Å². The molecule has 4 nitrogen and oxygen atoms in total. The third kappa shape index (κ3) is 3.03. The largest absolute Gasteiger partial charge is 0.465 e. The van der Waals surface area contributed by atoms with Crippen LogP contribution in [0, 0.1) is 5.41 Å². The van der Waals surface area contributed by atoms with Crippen molar-refractivity contribution in [2.24, 2.45) is 5.41 Å². The zero-order valence-electron chi connectivity index (χ0n) is 13.3. The van der Waals surface area contributed by atoms with Gasteiger partial charge in [0.25, 0.3) is 0 Å². The molecule has 2 fully saturated rings. The number of carbonyl (C=O) groups excluding carboxylic acids is 1. The highest BCUT2D eigenvalue weighted by Gasteiger charge is 2.44. The molecule has 3 rings (SSSR count). The summed E-state index contributed by atoms with van der Waals surface area (Å²) < 4.78 is 4.79. The molecule has 0 radical (unpaired) electrons. The van der Waals surface area contributed by atoms with Gasteiger partial charge in [-0.05, 0) is 49.9 Å². The number of aliphatic hydroxyl groups is 1. The normalized spacial score (nSPS) is 28.9. The van der Waals surface area contributed by atoms with Crippen molar-refractivity contribution in [3.05, 3.63) is 35.4 Å². The molecule has 0 aromatic heterocycles. The minimum atomic E-state index is -0.289. The van der Waals surface area contributed by atoms with Crippen molar-refractivity contribution in [3.8, 4) is 0 Å². The van der Waals surface area contributed by atoms with Gasteiger partial charge in [-0.3, -0.25) is 4.90 Å². The molecular formula is C18H25NO3. The van der Waals surface area contributed by atoms with E-state index in [1.54, 1.807) is 6.07 Å². The summed E-state index contributed by atoms with van der Waals surface area (Å²) in [6.45, 7) is 2.87. The SMILES string of the molecule is COC(=O)c1cccc(CN2CCC[C@]3(CCC[C@H]3O)C2)c1. The molecule has 1 aliphatic carbocycles. The van der Waals surface area contributed by atoms with Crippen molar-refractivity contribution in [1.29, 1.82) is 0 Å². The molecule has 1 saturated heterocycles. The molecule has 1 aliphatic heterocycles. The van der Waals surface area contributed by atoms with Crippen molar-refractivity contribution in [1.82, 2.24) is 4.90 Å². The molecule has 1 aromatic carbocycles. The Morgan fingerprint density at radius 2 is 2.23 bits per heavy atom. The number of hydrogen-bond acceptors (Lipinski definition) is 4. The van der Waals surface area contributed by atoms with E-state index in [9.17, 15) is 9.90 Å². The molecule has 1 N–H and O–H groups in total. The van der Waals surface area contributed by atoms with Gasteiger partial charge < -0.3 is 9.84 Å². The van der Waals surface area contributed by atoms with E-state index in [0.29, 0.717) is 5.56 Å². The van der Waals surface area contributed by atoms with E-state index in [1.807, 2.05) is 12.1 Å². The van der Waals surface area contributed by atoms with Gasteiger partial charge in [0.05, 0.1) is 18.8 Å². The number of likely N-dealkylation sites (tertiary alicyclic amines) is 1. The molecule has 2 atom stereocenters. The molecule has 1 aromatic rings. The maximum absolute atomic E-state index is 11.6. The Bertz CT molecular complexity index is 545. The summed E-state index contributed by atoms with van der Waals surface area (Å²) in [5, 5.41) is 10.3. The molecule has 22 heavy (non-hydrogen) atoms. The molecule has 0 bridgehead atoms. The first kappa shape index (κ1) is 15.5. The Hall–Kier alpha value is -1.39. The molecule has 1 heterocycles. The predicted molar refractivity (Wildman–Crippen MR) is 84.6 cm³/mol. The molecule has 2 aliphatic rings. The summed E-state index contributed by atoms with van der Waals surface area (Å²) in [6.07, 6.45) is 5.39. The van der Waals surface area contributed by atoms with Crippen LogP contribution in [0.1, 0.15) is 48.0 Å². The molecule has 1 spiro atoms. The third-order valence-corrected chi connectivity index (χ3v) is 5.30. The molecular weight excluding hydrogens is 278 g/mol. The molecule has 0 unspecified atom stereocenters. The second-order valence-corrected chi connectivity index (χ2v) is 6.78. The van der Waals surface area contributed by atoms with Crippen molar-refractivity contribution in [3.63, 3.8) is 0 Å². The quantitative estimate of drug-likeness (QED) is 0.872. The lowest BCUT2D eigenvalue weighted by Crippen LogP contribution is -2.46. The van der Waals surface area contributed by atoms with Crippen LogP contribution in [0.4, 0.5) is 0 Å². The molecule has 4 heteroatoms. The minimum absolute atomic E-state index is 0.109. The summed E-state index contributed by atoms with van der Waals surface area (Å²) in [6, 6.07) is 7.66. The van der Waals surface area contributed by atoms with Gasteiger partial charge in [0.2, 0.25) is 0 Å². The Labute approximate surface area is 132 Å². The number of benzene rings is 1. The van der Waals surface area contributed by atoms with Crippen molar-refractivity contribution in [2.75, 3.05) is 20.2 Å². The van der Waals surface area contributed by atoms with E-state index in [0.717, 1.165) is 57.3 Å². The fourth-order valence-corrected chi connectivity index (χ4v) is 4.16. The van der Waals surface area contributed by atoms with Crippen LogP contribution < -0.4 is 0 Å². The van der Waals surface area contributed by atoms with Gasteiger partial charge in [0.1, 0.15) is 0 Å². The van der Waals surface area contributed by atoms with E-state index in [1.165, 1.54) is 7.11 Å². The third-order valence-electron chi connectivity index (χ3n) is 5.30. The van der Waals surface area contributed by atoms with Gasteiger partial charge in [-0.15, -0.1) is 0 Å². The van der Waals surface area contributed by atoms with E-state index >= 15 is 0 Å². The van der Waals surface area contributed by atoms with Crippen LogP contribution in [0.25, 0.3) is 0 Å². The van der Waals surface area contributed by atoms with Crippen LogP contribution in [0.5, 0.6) is 0 Å². The molecule has 0 amide bonds. The topological polar surface area (TPSA) is 49.8 Å². The number of piperidine rings is 1. The Balaban J connectivity index is 1.69. The number of carbonyl (C=O) groups is 1. The zero-order valence-corrected chi connectivity index (χ0v) is 13.3. The smallest absolute Gasteiger partial charge is 0.337 e. The van der Waals surface area contributed by atoms with Crippen LogP contribution in [0.3, 0.4) is 0 Å². The summed E-state index contributed by atoms with van der Waals surface area (Å²) in [5.41, 5.74) is 1.85. The lowest BCUT2D eigenvalue weighted by Gasteiger charge is -2.42. The first-order chi connectivity index (χ1) is 10.6. The monoisotopic (exact) mass is 303 g/mol. The fourth-order valence-electron chi connectivity index (χ4n) is 4.16. The first-order valence-electron chi connectivity index (χ1n) is 8.21. The highest BCUT2D eigenvalue weighted by molar-refractivity contribution is 5.89. The van der Waals surface area contributed by atoms with Crippen LogP contribution >= 0.6 is 0 Å². The number of methoxy groups -OCH3 is 1. The fraction of sp³-hybridized carbons (Fsp3) is 0.611. The summed E-state index contributed by atoms with van der Waals surface area (Å²) in [5.74, 6) is -0.289. The Morgan fingerprint density at radius 3 is 2.95 bits per heavy atom. The average molecular weight is 303 g/mol. The van der Waals surface area contributed by atoms with E-state index in [4.69, 9.17) is 4.74 Å². The minimum Gasteiger partial charge on any atom is -0.465 e. The van der Waals surface area contributed by atoms with Gasteiger partial charge in [-0.25, -0.2) is 4.79 Å². The number of ether oxygens (including phenoxy) is 1. The summed E-state index contributed by atoms with van der Waals surface area (Å²) in [7, 11) is 1.41. The number of esters is 1. The van der Waals surface area contributed by atoms with Crippen LogP contribution in [-0.4, -0.2) is 42.3 Å². The maximum atomic E-state index is 11.6. The number of hydrogen-bond donors (Lipinski definition) is 1. The number of nitrogens with zero attached hydrogens (tertiary/aromatic N) is 1. The van der Waals surface area contributed by atoms with Crippen LogP contribution in [-0.2, 0) is 11.3 Å². The highest BCUT2D eigenvalue weighted by atomic mass is 16.5. The van der Waals surface area contributed by atoms with Gasteiger partial charge in [-0.2, -0.15) is 0 Å². The van der Waals surface area contributed by atoms with E-state index in [2.05, 4.69) is 11.0 Å². The van der Waals surface area contributed by atoms with Gasteiger partial charge in [0, 0.05) is 18.5 Å². The van der Waals surface area contributed by atoms with Crippen LogP contribution in [0.2, 0.25) is 0 Å². The number of aliphatic hydroxyl groups excluding tert-OH is 1. The van der Waals surface area contributed by atoms with Gasteiger partial charge in [0.15, 0.2) is 0 Å². The number of rotatable bonds is 3. The lowest BCUT2D eigenvalue weighted by molar-refractivity contribution is -0.0120. The van der Waals surface area contributed by atoms with Crippen molar-refractivity contribution in [2.45, 2.75) is 44.8 Å². The summed E-state index contributed by atoms with van der Waals surface area (Å²) in [4.78, 5) is 14.1. The van der Waals surface area contributed by atoms with Crippen LogP contribution in [0.15, 0.2) is 24.3 Å². The standard InChI is InChI=1S/C18H25NO3/c1-22-17(21)15-6-2-5-14(11-15)12-19-10-4-9-18(13-19)8-3-7-16(18)20/h2,5-6,11,16,20H,3-4,7-10,12-13H2,1H3/t16-,18-/m1/s1. The highest BCUT2D eigenvalue weighted by Crippen LogP contribution is 2.45. The lowest BCUT2D eigenvalue weighted by atomic mass is 9.76. The average Bonchev–Trinajstić information content (AvgIpc) is 2.87. The second kappa shape index (κ2) is 6.39. The molecule has 120 valence electrons.